The Hall–Kier alpha value is -0.960. The van der Waals surface area contributed by atoms with E-state index < -0.39 is 0 Å². The molecule has 0 aromatic carbocycles. The van der Waals surface area contributed by atoms with Gasteiger partial charge in [-0.1, -0.05) is 6.42 Å². The Labute approximate surface area is 78.4 Å². The molecular weight excluding hydrogens is 162 g/mol. The topological polar surface area (TPSA) is 51.8 Å². The van der Waals surface area contributed by atoms with E-state index in [1.165, 1.54) is 25.0 Å². The van der Waals surface area contributed by atoms with Crippen LogP contribution in [0.4, 0.5) is 0 Å². The van der Waals surface area contributed by atoms with Crippen LogP contribution in [0, 0.1) is 6.92 Å². The zero-order valence-electron chi connectivity index (χ0n) is 7.95. The van der Waals surface area contributed by atoms with E-state index in [2.05, 4.69) is 9.97 Å². The van der Waals surface area contributed by atoms with Gasteiger partial charge in [-0.3, -0.25) is 0 Å². The lowest BCUT2D eigenvalue weighted by atomic mass is 9.81. The van der Waals surface area contributed by atoms with E-state index in [4.69, 9.17) is 5.73 Å². The predicted molar refractivity (Wildman–Crippen MR) is 51.3 cm³/mol. The van der Waals surface area contributed by atoms with Gasteiger partial charge in [-0.2, -0.15) is 0 Å². The third-order valence-electron chi connectivity index (χ3n) is 2.73. The number of hydrogen-bond acceptors (Lipinski definition) is 3. The lowest BCUT2D eigenvalue weighted by Gasteiger charge is -2.26. The third-order valence-corrected chi connectivity index (χ3v) is 2.73. The maximum absolute atomic E-state index is 5.64. The highest BCUT2D eigenvalue weighted by atomic mass is 14.9. The quantitative estimate of drug-likeness (QED) is 0.745. The van der Waals surface area contributed by atoms with Gasteiger partial charge in [0.15, 0.2) is 0 Å². The van der Waals surface area contributed by atoms with Gasteiger partial charge in [0.2, 0.25) is 0 Å². The first-order chi connectivity index (χ1) is 6.31. The van der Waals surface area contributed by atoms with Crippen molar-refractivity contribution < 1.29 is 0 Å². The van der Waals surface area contributed by atoms with Crippen molar-refractivity contribution in [1.29, 1.82) is 0 Å². The molecular formula is C10H15N3. The molecule has 0 unspecified atom stereocenters. The fourth-order valence-corrected chi connectivity index (χ4v) is 1.70. The minimum Gasteiger partial charge on any atom is -0.326 e. The Morgan fingerprint density at radius 1 is 1.54 bits per heavy atom. The summed E-state index contributed by atoms with van der Waals surface area (Å²) in [5.74, 6) is 1.51. The van der Waals surface area contributed by atoms with Crippen molar-refractivity contribution in [2.75, 3.05) is 0 Å². The van der Waals surface area contributed by atoms with Gasteiger partial charge < -0.3 is 5.73 Å². The van der Waals surface area contributed by atoms with Crippen LogP contribution in [-0.2, 0) is 6.54 Å². The monoisotopic (exact) mass is 177 g/mol. The summed E-state index contributed by atoms with van der Waals surface area (Å²) in [5, 5.41) is 0. The fraction of sp³-hybridized carbons (Fsp3) is 0.600. The largest absolute Gasteiger partial charge is 0.326 e. The predicted octanol–water partition coefficient (Wildman–Crippen LogP) is 1.51. The Bertz CT molecular complexity index is 305. The molecule has 1 aromatic rings. The molecule has 0 atom stereocenters. The van der Waals surface area contributed by atoms with E-state index >= 15 is 0 Å². The lowest BCUT2D eigenvalue weighted by Crippen LogP contribution is -2.16. The molecule has 1 aliphatic carbocycles. The van der Waals surface area contributed by atoms with Crippen LogP contribution >= 0.6 is 0 Å². The maximum atomic E-state index is 5.64. The summed E-state index contributed by atoms with van der Waals surface area (Å²) in [6.45, 7) is 2.49. The van der Waals surface area contributed by atoms with E-state index in [0.717, 1.165) is 11.4 Å². The van der Waals surface area contributed by atoms with Crippen LogP contribution in [0.3, 0.4) is 0 Å². The molecule has 3 nitrogen and oxygen atoms in total. The van der Waals surface area contributed by atoms with Crippen LogP contribution in [0.2, 0.25) is 0 Å². The molecule has 1 saturated carbocycles. The first-order valence-electron chi connectivity index (χ1n) is 4.83. The molecule has 3 heteroatoms. The average molecular weight is 177 g/mol. The van der Waals surface area contributed by atoms with Crippen LogP contribution in [0.15, 0.2) is 6.20 Å². The molecule has 0 bridgehead atoms. The molecule has 13 heavy (non-hydrogen) atoms. The molecule has 0 amide bonds. The zero-order valence-corrected chi connectivity index (χ0v) is 7.95. The van der Waals surface area contributed by atoms with Gasteiger partial charge in [0.25, 0.3) is 0 Å². The van der Waals surface area contributed by atoms with Crippen LogP contribution in [0.25, 0.3) is 0 Å². The van der Waals surface area contributed by atoms with Gasteiger partial charge in [0, 0.05) is 24.2 Å². The minimum atomic E-state index is 0.562. The van der Waals surface area contributed by atoms with Crippen molar-refractivity contribution in [3.05, 3.63) is 23.3 Å². The summed E-state index contributed by atoms with van der Waals surface area (Å²) >= 11 is 0. The van der Waals surface area contributed by atoms with Crippen molar-refractivity contribution in [3.8, 4) is 0 Å². The van der Waals surface area contributed by atoms with Gasteiger partial charge in [0.05, 0.1) is 5.69 Å². The number of aromatic nitrogens is 2. The van der Waals surface area contributed by atoms with Crippen LogP contribution in [0.1, 0.15) is 42.3 Å². The first kappa shape index (κ1) is 8.63. The normalized spacial score (nSPS) is 17.1. The van der Waals surface area contributed by atoms with Crippen molar-refractivity contribution in [1.82, 2.24) is 9.97 Å². The number of rotatable bonds is 2. The number of hydrogen-bond donors (Lipinski definition) is 1. The second kappa shape index (κ2) is 3.42. The molecule has 0 spiro atoms. The average Bonchev–Trinajstić information content (AvgIpc) is 2.02. The van der Waals surface area contributed by atoms with E-state index in [1.807, 2.05) is 13.1 Å². The minimum absolute atomic E-state index is 0.562. The lowest BCUT2D eigenvalue weighted by molar-refractivity contribution is 0.407. The van der Waals surface area contributed by atoms with Gasteiger partial charge in [-0.25, -0.2) is 9.97 Å². The van der Waals surface area contributed by atoms with Crippen LogP contribution < -0.4 is 5.73 Å². The molecule has 0 aliphatic heterocycles. The fourth-order valence-electron chi connectivity index (χ4n) is 1.70. The first-order valence-corrected chi connectivity index (χ1v) is 4.83. The third kappa shape index (κ3) is 1.56. The molecule has 0 saturated heterocycles. The standard InChI is InChI=1S/C10H15N3/c1-7-12-6-9(5-11)10(13-7)8-3-2-4-8/h6,8H,2-5,11H2,1H3. The number of nitrogens with two attached hydrogens (primary N) is 1. The Kier molecular flexibility index (Phi) is 2.27. The molecule has 1 heterocycles. The highest BCUT2D eigenvalue weighted by Gasteiger charge is 2.23. The van der Waals surface area contributed by atoms with Crippen molar-refractivity contribution in [2.24, 2.45) is 5.73 Å². The molecule has 1 aliphatic rings. The van der Waals surface area contributed by atoms with E-state index in [1.54, 1.807) is 0 Å². The molecule has 0 radical (unpaired) electrons. The second-order valence-corrected chi connectivity index (χ2v) is 3.66. The van der Waals surface area contributed by atoms with Crippen LogP contribution in [0.5, 0.6) is 0 Å². The summed E-state index contributed by atoms with van der Waals surface area (Å²) in [4.78, 5) is 8.64. The molecule has 1 aromatic heterocycles. The summed E-state index contributed by atoms with van der Waals surface area (Å²) in [6.07, 6.45) is 5.74. The summed E-state index contributed by atoms with van der Waals surface area (Å²) in [6, 6.07) is 0. The highest BCUT2D eigenvalue weighted by molar-refractivity contribution is 5.22. The Morgan fingerprint density at radius 2 is 2.31 bits per heavy atom. The molecule has 2 rings (SSSR count). The second-order valence-electron chi connectivity index (χ2n) is 3.66. The summed E-state index contributed by atoms with van der Waals surface area (Å²) < 4.78 is 0. The number of nitrogens with zero attached hydrogens (tertiary/aromatic N) is 2. The Morgan fingerprint density at radius 3 is 2.85 bits per heavy atom. The Balaban J connectivity index is 2.33. The molecule has 2 N–H and O–H groups in total. The van der Waals surface area contributed by atoms with Crippen molar-refractivity contribution >= 4 is 0 Å². The maximum Gasteiger partial charge on any atom is 0.125 e. The van der Waals surface area contributed by atoms with Crippen molar-refractivity contribution in [2.45, 2.75) is 38.6 Å². The van der Waals surface area contributed by atoms with E-state index in [-0.39, 0.29) is 0 Å². The zero-order chi connectivity index (χ0) is 9.26. The summed E-state index contributed by atoms with van der Waals surface area (Å²) in [5.41, 5.74) is 7.95. The van der Waals surface area contributed by atoms with E-state index in [0.29, 0.717) is 12.5 Å². The summed E-state index contributed by atoms with van der Waals surface area (Å²) in [7, 11) is 0. The number of aryl methyl sites for hydroxylation is 1. The molecule has 70 valence electrons. The molecule has 1 fully saturated rings. The highest BCUT2D eigenvalue weighted by Crippen LogP contribution is 2.36. The SMILES string of the molecule is Cc1ncc(CN)c(C2CCC2)n1. The smallest absolute Gasteiger partial charge is 0.125 e. The van der Waals surface area contributed by atoms with Crippen LogP contribution in [-0.4, -0.2) is 9.97 Å². The van der Waals surface area contributed by atoms with E-state index in [9.17, 15) is 0 Å². The van der Waals surface area contributed by atoms with Crippen molar-refractivity contribution in [3.63, 3.8) is 0 Å². The van der Waals surface area contributed by atoms with Gasteiger partial charge >= 0.3 is 0 Å². The van der Waals surface area contributed by atoms with Gasteiger partial charge in [-0.05, 0) is 19.8 Å². The van der Waals surface area contributed by atoms with Gasteiger partial charge in [0.1, 0.15) is 5.82 Å². The van der Waals surface area contributed by atoms with Gasteiger partial charge in [-0.15, -0.1) is 0 Å².